The molecule has 0 aromatic heterocycles. The predicted octanol–water partition coefficient (Wildman–Crippen LogP) is 3.83. The summed E-state index contributed by atoms with van der Waals surface area (Å²) in [7, 11) is -0.306. The largest absolute Gasteiger partial charge is 0.479 e. The zero-order valence-corrected chi connectivity index (χ0v) is 17.8. The molecule has 0 aliphatic rings. The van der Waals surface area contributed by atoms with E-state index in [4.69, 9.17) is 14.3 Å². The first kappa shape index (κ1) is 24.4. The molecule has 0 aromatic rings. The van der Waals surface area contributed by atoms with Crippen molar-refractivity contribution in [2.45, 2.75) is 79.5 Å². The van der Waals surface area contributed by atoms with Crippen molar-refractivity contribution in [2.75, 3.05) is 13.2 Å². The summed E-state index contributed by atoms with van der Waals surface area (Å²) in [4.78, 5) is 16.8. The van der Waals surface area contributed by atoms with Crippen LogP contribution in [0.3, 0.4) is 0 Å². The fraction of sp³-hybridized carbons (Fsp3) is 0.941. The van der Waals surface area contributed by atoms with Crippen LogP contribution in [0.1, 0.15) is 62.3 Å². The molecule has 0 saturated carbocycles. The number of carboxylic acids is 1. The van der Waals surface area contributed by atoms with Crippen molar-refractivity contribution in [3.8, 4) is 0 Å². The normalized spacial score (nSPS) is 15.4. The number of nitrogens with one attached hydrogen (secondary N) is 1. The topological polar surface area (TPSA) is 94.1 Å². The highest BCUT2D eigenvalue weighted by Gasteiger charge is 2.56. The molecule has 0 aromatic carbocycles. The van der Waals surface area contributed by atoms with E-state index in [1.165, 1.54) is 13.8 Å². The molecule has 0 saturated heterocycles. The molecule has 1 atom stereocenters. The lowest BCUT2D eigenvalue weighted by molar-refractivity contribution is -0.256. The van der Waals surface area contributed by atoms with Crippen LogP contribution in [-0.2, 0) is 23.7 Å². The van der Waals surface area contributed by atoms with E-state index in [0.717, 1.165) is 0 Å². The number of hydroxylamine groups is 1. The maximum absolute atomic E-state index is 12.1. The van der Waals surface area contributed by atoms with E-state index in [-0.39, 0.29) is 13.9 Å². The van der Waals surface area contributed by atoms with Gasteiger partial charge in [0.1, 0.15) is 0 Å². The molecule has 0 heterocycles. The monoisotopic (exact) mass is 379 g/mol. The smallest absolute Gasteiger partial charge is 0.337 e. The zero-order chi connectivity index (χ0) is 20.1. The summed E-state index contributed by atoms with van der Waals surface area (Å²) in [5.74, 6) is -1.09. The third kappa shape index (κ3) is 5.69. The van der Waals surface area contributed by atoms with E-state index in [2.05, 4.69) is 5.48 Å². The second-order valence-electron chi connectivity index (χ2n) is 8.10. The first-order valence-corrected chi connectivity index (χ1v) is 9.32. The Kier molecular flexibility index (Phi) is 8.66. The van der Waals surface area contributed by atoms with Gasteiger partial charge in [-0.2, -0.15) is 5.48 Å². The van der Waals surface area contributed by atoms with Crippen molar-refractivity contribution in [1.82, 2.24) is 5.48 Å². The Morgan fingerprint density at radius 3 is 1.76 bits per heavy atom. The minimum atomic E-state index is -1.42. The highest BCUT2D eigenvalue weighted by molar-refractivity contribution is 7.25. The molecule has 7 nitrogen and oxygen atoms in total. The van der Waals surface area contributed by atoms with Crippen molar-refractivity contribution < 1.29 is 28.8 Å². The first-order chi connectivity index (χ1) is 11.2. The molecule has 0 amide bonds. The van der Waals surface area contributed by atoms with E-state index in [0.29, 0.717) is 13.2 Å². The second kappa shape index (κ2) is 8.87. The lowest BCUT2D eigenvalue weighted by Gasteiger charge is -2.50. The van der Waals surface area contributed by atoms with Crippen molar-refractivity contribution in [3.05, 3.63) is 0 Å². The number of hydrogen-bond donors (Lipinski definition) is 2. The number of rotatable bonds is 11. The zero-order valence-electron chi connectivity index (χ0n) is 16.9. The number of hydrogen-bond acceptors (Lipinski definition) is 6. The lowest BCUT2D eigenvalue weighted by Crippen LogP contribution is -2.62. The Morgan fingerprint density at radius 1 is 1.04 bits per heavy atom. The summed E-state index contributed by atoms with van der Waals surface area (Å²) in [6.07, 6.45) is 0. The summed E-state index contributed by atoms with van der Waals surface area (Å²) in [6, 6.07) is -0.432. The van der Waals surface area contributed by atoms with Crippen molar-refractivity contribution >= 4 is 14.4 Å². The highest BCUT2D eigenvalue weighted by Crippen LogP contribution is 2.50. The van der Waals surface area contributed by atoms with Crippen LogP contribution < -0.4 is 5.48 Å². The minimum Gasteiger partial charge on any atom is -0.479 e. The standard InChI is InChI=1S/C17H34NO6P/c1-10-22-17(25-21,23-11-2)15(6,7)12(14(3,4)5)18-24-16(8,9)13(19)20/h12,18H,10-11H2,1-9H3,(H,19,20). The maximum atomic E-state index is 12.1. The van der Waals surface area contributed by atoms with Gasteiger partial charge >= 0.3 is 5.97 Å². The van der Waals surface area contributed by atoms with E-state index >= 15 is 0 Å². The van der Waals surface area contributed by atoms with Crippen LogP contribution >= 0.6 is 8.46 Å². The maximum Gasteiger partial charge on any atom is 0.337 e. The van der Waals surface area contributed by atoms with Crippen LogP contribution in [0.15, 0.2) is 0 Å². The Morgan fingerprint density at radius 2 is 1.48 bits per heavy atom. The van der Waals surface area contributed by atoms with Crippen molar-refractivity contribution in [2.24, 2.45) is 10.8 Å². The number of aliphatic carboxylic acids is 1. The number of carboxylic acid groups (broad SMARTS) is 1. The first-order valence-electron chi connectivity index (χ1n) is 8.51. The number of carbonyl (C=O) groups is 1. The molecule has 0 aliphatic heterocycles. The van der Waals surface area contributed by atoms with E-state index in [9.17, 15) is 14.5 Å². The van der Waals surface area contributed by atoms with Crippen LogP contribution in [-0.4, -0.2) is 41.5 Å². The van der Waals surface area contributed by atoms with Gasteiger partial charge in [-0.15, -0.1) is 0 Å². The number of ether oxygens (including phenoxy) is 2. The molecule has 0 radical (unpaired) electrons. The van der Waals surface area contributed by atoms with Gasteiger partial charge in [0.15, 0.2) is 5.60 Å². The van der Waals surface area contributed by atoms with Crippen LogP contribution in [0.5, 0.6) is 0 Å². The SMILES string of the molecule is CCOC(OCC)(P=O)C(C)(C)C(NOC(C)(C)C(=O)O)C(C)(C)C. The molecule has 1 unspecified atom stereocenters. The molecule has 8 heteroatoms. The van der Waals surface area contributed by atoms with Crippen molar-refractivity contribution in [3.63, 3.8) is 0 Å². The molecule has 0 bridgehead atoms. The van der Waals surface area contributed by atoms with Crippen LogP contribution in [0.4, 0.5) is 0 Å². The third-order valence-electron chi connectivity index (χ3n) is 4.15. The van der Waals surface area contributed by atoms with Crippen LogP contribution in [0, 0.1) is 10.8 Å². The molecular formula is C17H34NO6P. The second-order valence-corrected chi connectivity index (χ2v) is 8.87. The fourth-order valence-corrected chi connectivity index (χ4v) is 3.54. The Labute approximate surface area is 152 Å². The summed E-state index contributed by atoms with van der Waals surface area (Å²) < 4.78 is 23.6. The summed E-state index contributed by atoms with van der Waals surface area (Å²) >= 11 is 0. The van der Waals surface area contributed by atoms with E-state index in [1.54, 1.807) is 13.8 Å². The summed E-state index contributed by atoms with van der Waals surface area (Å²) in [6.45, 7) is 16.8. The van der Waals surface area contributed by atoms with Gasteiger partial charge in [0.2, 0.25) is 8.46 Å². The Bertz CT molecular complexity index is 453. The molecule has 25 heavy (non-hydrogen) atoms. The highest BCUT2D eigenvalue weighted by atomic mass is 31.1. The molecule has 0 spiro atoms. The predicted molar refractivity (Wildman–Crippen MR) is 96.5 cm³/mol. The van der Waals surface area contributed by atoms with E-state index in [1.807, 2.05) is 34.6 Å². The van der Waals surface area contributed by atoms with Gasteiger partial charge < -0.3 is 14.6 Å². The average Bonchev–Trinajstić information content (AvgIpc) is 2.44. The van der Waals surface area contributed by atoms with Gasteiger partial charge in [0, 0.05) is 24.7 Å². The lowest BCUT2D eigenvalue weighted by atomic mass is 9.70. The molecular weight excluding hydrogens is 345 g/mol. The average molecular weight is 379 g/mol. The van der Waals surface area contributed by atoms with Gasteiger partial charge in [-0.3, -0.25) is 9.40 Å². The van der Waals surface area contributed by atoms with Gasteiger partial charge in [-0.1, -0.05) is 34.6 Å². The van der Waals surface area contributed by atoms with Crippen molar-refractivity contribution in [1.29, 1.82) is 0 Å². The molecule has 2 N–H and O–H groups in total. The summed E-state index contributed by atoms with van der Waals surface area (Å²) in [5, 5.41) is 9.27. The van der Waals surface area contributed by atoms with Gasteiger partial charge in [0.25, 0.3) is 5.53 Å². The van der Waals surface area contributed by atoms with Crippen LogP contribution in [0.2, 0.25) is 0 Å². The van der Waals surface area contributed by atoms with Crippen LogP contribution in [0.25, 0.3) is 0 Å². The summed E-state index contributed by atoms with van der Waals surface area (Å²) in [5.41, 5.74) is -1.12. The Hall–Kier alpha value is -0.590. The van der Waals surface area contributed by atoms with Gasteiger partial charge in [0.05, 0.1) is 0 Å². The molecule has 0 aliphatic carbocycles. The quantitative estimate of drug-likeness (QED) is 0.320. The van der Waals surface area contributed by atoms with Gasteiger partial charge in [-0.05, 0) is 33.1 Å². The van der Waals surface area contributed by atoms with E-state index < -0.39 is 28.6 Å². The fourth-order valence-electron chi connectivity index (χ4n) is 2.81. The Balaban J connectivity index is 5.90. The third-order valence-corrected chi connectivity index (χ3v) is 5.22. The molecule has 148 valence electrons. The molecule has 0 fully saturated rings. The minimum absolute atomic E-state index is 0.306. The van der Waals surface area contributed by atoms with Gasteiger partial charge in [-0.25, -0.2) is 4.79 Å². The molecule has 0 rings (SSSR count).